The summed E-state index contributed by atoms with van der Waals surface area (Å²) in [7, 11) is 1.83. The van der Waals surface area contributed by atoms with E-state index in [9.17, 15) is 0 Å². The SMILES string of the molecule is CN=C(NCCc1c[nH]c2ccccc12)NCC1CCCOC1c1ccccc1.I. The zero-order chi connectivity index (χ0) is 19.9. The molecule has 0 radical (unpaired) electrons. The second-order valence-corrected chi connectivity index (χ2v) is 7.59. The lowest BCUT2D eigenvalue weighted by Gasteiger charge is -2.32. The normalized spacial score (nSPS) is 19.3. The monoisotopic (exact) mass is 518 g/mol. The molecule has 30 heavy (non-hydrogen) atoms. The number of guanidine groups is 1. The Balaban J connectivity index is 0.00000256. The molecular formula is C24H31IN4O. The lowest BCUT2D eigenvalue weighted by atomic mass is 9.89. The highest BCUT2D eigenvalue weighted by Gasteiger charge is 2.27. The van der Waals surface area contributed by atoms with Crippen molar-refractivity contribution in [2.45, 2.75) is 25.4 Å². The number of H-pyrrole nitrogens is 1. The summed E-state index contributed by atoms with van der Waals surface area (Å²) in [4.78, 5) is 7.74. The fraction of sp³-hybridized carbons (Fsp3) is 0.375. The smallest absolute Gasteiger partial charge is 0.190 e. The molecule has 2 aromatic carbocycles. The van der Waals surface area contributed by atoms with Gasteiger partial charge in [0.15, 0.2) is 5.96 Å². The van der Waals surface area contributed by atoms with E-state index in [2.05, 4.69) is 81.4 Å². The van der Waals surface area contributed by atoms with Gasteiger partial charge in [-0.1, -0.05) is 48.5 Å². The third kappa shape index (κ3) is 5.55. The van der Waals surface area contributed by atoms with Crippen LogP contribution in [0, 0.1) is 5.92 Å². The van der Waals surface area contributed by atoms with Gasteiger partial charge >= 0.3 is 0 Å². The molecule has 1 aromatic heterocycles. The van der Waals surface area contributed by atoms with Crippen molar-refractivity contribution in [3.05, 3.63) is 71.9 Å². The highest BCUT2D eigenvalue weighted by atomic mass is 127. The number of hydrogen-bond acceptors (Lipinski definition) is 2. The number of aliphatic imine (C=N–C) groups is 1. The topological polar surface area (TPSA) is 61.4 Å². The van der Waals surface area contributed by atoms with Crippen molar-refractivity contribution >= 4 is 40.8 Å². The van der Waals surface area contributed by atoms with Crippen molar-refractivity contribution in [2.75, 3.05) is 26.7 Å². The van der Waals surface area contributed by atoms with Gasteiger partial charge in [-0.3, -0.25) is 4.99 Å². The average molecular weight is 518 g/mol. The van der Waals surface area contributed by atoms with E-state index < -0.39 is 0 Å². The molecule has 0 spiro atoms. The Morgan fingerprint density at radius 1 is 1.10 bits per heavy atom. The van der Waals surface area contributed by atoms with E-state index in [4.69, 9.17) is 4.74 Å². The van der Waals surface area contributed by atoms with Crippen LogP contribution in [0.15, 0.2) is 65.8 Å². The average Bonchev–Trinajstić information content (AvgIpc) is 3.20. The molecule has 3 aromatic rings. The molecule has 0 bridgehead atoms. The first kappa shape index (κ1) is 22.6. The van der Waals surface area contributed by atoms with Crippen LogP contribution in [0.4, 0.5) is 0 Å². The Kier molecular flexibility index (Phi) is 8.57. The summed E-state index contributed by atoms with van der Waals surface area (Å²) < 4.78 is 6.11. The first-order chi connectivity index (χ1) is 14.3. The minimum Gasteiger partial charge on any atom is -0.373 e. The van der Waals surface area contributed by atoms with E-state index in [1.54, 1.807) is 0 Å². The van der Waals surface area contributed by atoms with Crippen molar-refractivity contribution in [1.82, 2.24) is 15.6 Å². The Morgan fingerprint density at radius 2 is 1.90 bits per heavy atom. The largest absolute Gasteiger partial charge is 0.373 e. The predicted octanol–water partition coefficient (Wildman–Crippen LogP) is 4.66. The van der Waals surface area contributed by atoms with Gasteiger partial charge in [-0.2, -0.15) is 0 Å². The Morgan fingerprint density at radius 3 is 2.73 bits per heavy atom. The van der Waals surface area contributed by atoms with Crippen molar-refractivity contribution in [3.8, 4) is 0 Å². The molecule has 2 atom stereocenters. The van der Waals surface area contributed by atoms with Crippen LogP contribution in [-0.2, 0) is 11.2 Å². The third-order valence-electron chi connectivity index (χ3n) is 5.69. The van der Waals surface area contributed by atoms with Gasteiger partial charge in [-0.15, -0.1) is 24.0 Å². The van der Waals surface area contributed by atoms with E-state index in [-0.39, 0.29) is 30.1 Å². The summed E-state index contributed by atoms with van der Waals surface area (Å²) in [6.45, 7) is 2.53. The van der Waals surface area contributed by atoms with Crippen LogP contribution in [0.2, 0.25) is 0 Å². The predicted molar refractivity (Wildman–Crippen MR) is 135 cm³/mol. The number of nitrogens with one attached hydrogen (secondary N) is 3. The van der Waals surface area contributed by atoms with E-state index in [1.165, 1.54) is 28.5 Å². The maximum Gasteiger partial charge on any atom is 0.190 e. The zero-order valence-corrected chi connectivity index (χ0v) is 19.8. The number of benzene rings is 2. The maximum atomic E-state index is 6.11. The van der Waals surface area contributed by atoms with Crippen LogP contribution in [0.25, 0.3) is 10.9 Å². The molecule has 0 saturated carbocycles. The minimum absolute atomic E-state index is 0. The number of ether oxygens (including phenoxy) is 1. The molecular weight excluding hydrogens is 487 g/mol. The van der Waals surface area contributed by atoms with Crippen LogP contribution in [-0.4, -0.2) is 37.7 Å². The number of fused-ring (bicyclic) bond motifs is 1. The number of nitrogens with zero attached hydrogens (tertiary/aromatic N) is 1. The van der Waals surface area contributed by atoms with Crippen molar-refractivity contribution in [1.29, 1.82) is 0 Å². The number of aromatic nitrogens is 1. The summed E-state index contributed by atoms with van der Waals surface area (Å²) in [5, 5.41) is 8.25. The summed E-state index contributed by atoms with van der Waals surface area (Å²) in [6.07, 6.45) is 5.49. The number of hydrogen-bond donors (Lipinski definition) is 3. The molecule has 2 heterocycles. The zero-order valence-electron chi connectivity index (χ0n) is 17.4. The van der Waals surface area contributed by atoms with Gasteiger partial charge in [0, 0.05) is 49.8 Å². The van der Waals surface area contributed by atoms with E-state index in [1.807, 2.05) is 7.05 Å². The molecule has 3 N–H and O–H groups in total. The molecule has 0 amide bonds. The quantitative estimate of drug-likeness (QED) is 0.253. The molecule has 5 nitrogen and oxygen atoms in total. The molecule has 2 unspecified atom stereocenters. The van der Waals surface area contributed by atoms with Crippen molar-refractivity contribution < 1.29 is 4.74 Å². The van der Waals surface area contributed by atoms with Crippen LogP contribution < -0.4 is 10.6 Å². The molecule has 1 aliphatic rings. The maximum absolute atomic E-state index is 6.11. The lowest BCUT2D eigenvalue weighted by Crippen LogP contribution is -2.42. The highest BCUT2D eigenvalue weighted by Crippen LogP contribution is 2.33. The van der Waals surface area contributed by atoms with Crippen LogP contribution in [0.5, 0.6) is 0 Å². The van der Waals surface area contributed by atoms with Crippen LogP contribution in [0.1, 0.15) is 30.1 Å². The Bertz CT molecular complexity index is 941. The summed E-state index contributed by atoms with van der Waals surface area (Å²) in [5.41, 5.74) is 3.78. The van der Waals surface area contributed by atoms with Crippen LogP contribution >= 0.6 is 24.0 Å². The molecule has 1 saturated heterocycles. The second kappa shape index (κ2) is 11.4. The second-order valence-electron chi connectivity index (χ2n) is 7.59. The van der Waals surface area contributed by atoms with E-state index in [0.717, 1.165) is 38.5 Å². The molecule has 1 fully saturated rings. The summed E-state index contributed by atoms with van der Waals surface area (Å²) >= 11 is 0. The number of aromatic amines is 1. The third-order valence-corrected chi connectivity index (χ3v) is 5.69. The van der Waals surface area contributed by atoms with Gasteiger partial charge < -0.3 is 20.4 Å². The first-order valence-electron chi connectivity index (χ1n) is 10.5. The van der Waals surface area contributed by atoms with E-state index in [0.29, 0.717) is 5.92 Å². The van der Waals surface area contributed by atoms with Gasteiger partial charge in [0.1, 0.15) is 0 Å². The van der Waals surface area contributed by atoms with Gasteiger partial charge in [0.25, 0.3) is 0 Å². The standard InChI is InChI=1S/C24H30N4O.HI/c1-25-24(26-14-13-19-16-27-22-12-6-5-11-21(19)22)28-17-20-10-7-15-29-23(20)18-8-3-2-4-9-18;/h2-6,8-9,11-12,16,20,23,27H,7,10,13-15,17H2,1H3,(H2,25,26,28);1H. The minimum atomic E-state index is 0. The molecule has 4 rings (SSSR count). The fourth-order valence-corrected chi connectivity index (χ4v) is 4.17. The number of halogens is 1. The number of rotatable bonds is 6. The van der Waals surface area contributed by atoms with Gasteiger partial charge in [-0.25, -0.2) is 0 Å². The van der Waals surface area contributed by atoms with Crippen LogP contribution in [0.3, 0.4) is 0 Å². The highest BCUT2D eigenvalue weighted by molar-refractivity contribution is 14.0. The van der Waals surface area contributed by atoms with Gasteiger partial charge in [-0.05, 0) is 36.5 Å². The van der Waals surface area contributed by atoms with E-state index >= 15 is 0 Å². The molecule has 6 heteroatoms. The summed E-state index contributed by atoms with van der Waals surface area (Å²) in [5.74, 6) is 1.29. The van der Waals surface area contributed by atoms with Crippen molar-refractivity contribution in [3.63, 3.8) is 0 Å². The summed E-state index contributed by atoms with van der Waals surface area (Å²) in [6, 6.07) is 19.0. The first-order valence-corrected chi connectivity index (χ1v) is 10.5. The van der Waals surface area contributed by atoms with Crippen molar-refractivity contribution in [2.24, 2.45) is 10.9 Å². The van der Waals surface area contributed by atoms with Gasteiger partial charge in [0.05, 0.1) is 6.10 Å². The Hall–Kier alpha value is -2.06. The fourth-order valence-electron chi connectivity index (χ4n) is 4.17. The van der Waals surface area contributed by atoms with Gasteiger partial charge in [0.2, 0.25) is 0 Å². The molecule has 0 aliphatic carbocycles. The molecule has 1 aliphatic heterocycles. The lowest BCUT2D eigenvalue weighted by molar-refractivity contribution is -0.0265. The molecule has 160 valence electrons. The Labute approximate surface area is 195 Å². The number of para-hydroxylation sites is 1.